The van der Waals surface area contributed by atoms with Crippen molar-refractivity contribution >= 4 is 29.9 Å². The quantitative estimate of drug-likeness (QED) is 0.850. The molecule has 2 aromatic rings. The summed E-state index contributed by atoms with van der Waals surface area (Å²) in [5.74, 6) is -0.202. The van der Waals surface area contributed by atoms with Crippen LogP contribution in [0.25, 0.3) is 0 Å². The van der Waals surface area contributed by atoms with Gasteiger partial charge in [-0.1, -0.05) is 6.07 Å². The van der Waals surface area contributed by atoms with Gasteiger partial charge in [-0.05, 0) is 50.2 Å². The van der Waals surface area contributed by atoms with E-state index in [0.717, 1.165) is 13.1 Å². The second-order valence-electron chi connectivity index (χ2n) is 6.47. The van der Waals surface area contributed by atoms with E-state index in [9.17, 15) is 9.59 Å². The van der Waals surface area contributed by atoms with Crippen LogP contribution in [0, 0.1) is 0 Å². The molecule has 0 bridgehead atoms. The van der Waals surface area contributed by atoms with Crippen molar-refractivity contribution in [3.63, 3.8) is 0 Å². The van der Waals surface area contributed by atoms with Crippen molar-refractivity contribution in [2.24, 2.45) is 0 Å². The van der Waals surface area contributed by atoms with Gasteiger partial charge in [-0.2, -0.15) is 5.10 Å². The number of nitrogens with zero attached hydrogens (tertiary/aromatic N) is 3. The second kappa shape index (κ2) is 8.33. The Hall–Kier alpha value is -2.38. The van der Waals surface area contributed by atoms with Gasteiger partial charge in [-0.15, -0.1) is 12.4 Å². The fourth-order valence-electron chi connectivity index (χ4n) is 3.16. The van der Waals surface area contributed by atoms with E-state index in [0.29, 0.717) is 24.1 Å². The molecule has 2 amide bonds. The van der Waals surface area contributed by atoms with E-state index < -0.39 is 5.54 Å². The molecule has 2 N–H and O–H groups in total. The topological polar surface area (TPSA) is 79.3 Å². The first-order valence-electron chi connectivity index (χ1n) is 8.37. The maximum absolute atomic E-state index is 13.1. The van der Waals surface area contributed by atoms with Gasteiger partial charge >= 0.3 is 0 Å². The number of nitrogens with one attached hydrogen (secondary N) is 2. The van der Waals surface area contributed by atoms with Gasteiger partial charge in [0, 0.05) is 37.7 Å². The van der Waals surface area contributed by atoms with Crippen molar-refractivity contribution in [3.8, 4) is 0 Å². The van der Waals surface area contributed by atoms with Gasteiger partial charge < -0.3 is 15.5 Å². The number of carbonyl (C=O) groups excluding carboxylic acids is 2. The van der Waals surface area contributed by atoms with Crippen molar-refractivity contribution < 1.29 is 9.59 Å². The number of hydrogen-bond acceptors (Lipinski definition) is 4. The monoisotopic (exact) mass is 377 g/mol. The Labute approximate surface area is 159 Å². The third-order valence-electron chi connectivity index (χ3n) is 4.57. The molecule has 1 aliphatic heterocycles. The zero-order chi connectivity index (χ0) is 17.9. The number of halogens is 1. The van der Waals surface area contributed by atoms with Gasteiger partial charge in [-0.3, -0.25) is 14.3 Å². The second-order valence-corrected chi connectivity index (χ2v) is 6.47. The van der Waals surface area contributed by atoms with Crippen LogP contribution in [-0.2, 0) is 10.3 Å². The van der Waals surface area contributed by atoms with Crippen LogP contribution < -0.4 is 10.6 Å². The molecule has 1 saturated heterocycles. The van der Waals surface area contributed by atoms with Crippen LogP contribution in [0.4, 0.5) is 5.69 Å². The van der Waals surface area contributed by atoms with Crippen molar-refractivity contribution in [3.05, 3.63) is 48.3 Å². The predicted octanol–water partition coefficient (Wildman–Crippen LogP) is 1.72. The standard InChI is InChI=1S/C18H23N5O2.ClH/c1-22(2)16(24)14-5-3-6-15(13-14)21-17(25)18(7-10-19-11-8-18)23-12-4-9-20-23;/h3-6,9,12-13,19H,7-8,10-11H2,1-2H3,(H,21,25);1H. The van der Waals surface area contributed by atoms with Gasteiger partial charge in [0.25, 0.3) is 11.8 Å². The zero-order valence-corrected chi connectivity index (χ0v) is 15.8. The Bertz CT molecular complexity index is 755. The minimum Gasteiger partial charge on any atom is -0.345 e. The fourth-order valence-corrected chi connectivity index (χ4v) is 3.16. The minimum atomic E-state index is -0.712. The molecule has 0 aliphatic carbocycles. The first kappa shape index (κ1) is 19.9. The van der Waals surface area contributed by atoms with Crippen molar-refractivity contribution in [1.29, 1.82) is 0 Å². The van der Waals surface area contributed by atoms with Crippen LogP contribution >= 0.6 is 12.4 Å². The average Bonchev–Trinajstić information content (AvgIpc) is 3.17. The summed E-state index contributed by atoms with van der Waals surface area (Å²) in [6, 6.07) is 8.84. The number of carbonyl (C=O) groups is 2. The molecular weight excluding hydrogens is 354 g/mol. The van der Waals surface area contributed by atoms with Crippen LogP contribution in [0.1, 0.15) is 23.2 Å². The molecular formula is C18H24ClN5O2. The summed E-state index contributed by atoms with van der Waals surface area (Å²) in [7, 11) is 3.41. The summed E-state index contributed by atoms with van der Waals surface area (Å²) < 4.78 is 1.75. The van der Waals surface area contributed by atoms with Crippen molar-refractivity contribution in [1.82, 2.24) is 20.0 Å². The van der Waals surface area contributed by atoms with Gasteiger partial charge in [0.05, 0.1) is 0 Å². The van der Waals surface area contributed by atoms with Gasteiger partial charge in [0.2, 0.25) is 0 Å². The fraction of sp³-hybridized carbons (Fsp3) is 0.389. The molecule has 1 fully saturated rings. The highest BCUT2D eigenvalue weighted by atomic mass is 35.5. The highest BCUT2D eigenvalue weighted by Gasteiger charge is 2.42. The summed E-state index contributed by atoms with van der Waals surface area (Å²) in [4.78, 5) is 26.7. The maximum atomic E-state index is 13.1. The first-order chi connectivity index (χ1) is 12.0. The van der Waals surface area contributed by atoms with E-state index in [1.807, 2.05) is 12.3 Å². The largest absolute Gasteiger partial charge is 0.345 e. The summed E-state index contributed by atoms with van der Waals surface area (Å²) in [5, 5.41) is 10.6. The molecule has 1 aromatic heterocycles. The normalized spacial score (nSPS) is 15.6. The third-order valence-corrected chi connectivity index (χ3v) is 4.57. The molecule has 7 nitrogen and oxygen atoms in total. The van der Waals surface area contributed by atoms with Gasteiger partial charge in [-0.25, -0.2) is 0 Å². The summed E-state index contributed by atoms with van der Waals surface area (Å²) in [6.07, 6.45) is 4.85. The molecule has 1 aromatic carbocycles. The molecule has 0 atom stereocenters. The number of benzene rings is 1. The Morgan fingerprint density at radius 2 is 1.96 bits per heavy atom. The molecule has 0 radical (unpaired) electrons. The lowest BCUT2D eigenvalue weighted by molar-refractivity contribution is -0.126. The molecule has 140 valence electrons. The number of hydrogen-bond donors (Lipinski definition) is 2. The Morgan fingerprint density at radius 3 is 2.58 bits per heavy atom. The molecule has 3 rings (SSSR count). The number of anilines is 1. The minimum absolute atomic E-state index is 0. The Kier molecular flexibility index (Phi) is 6.39. The Morgan fingerprint density at radius 1 is 1.23 bits per heavy atom. The smallest absolute Gasteiger partial charge is 0.253 e. The van der Waals surface area contributed by atoms with Crippen LogP contribution in [0.15, 0.2) is 42.7 Å². The van der Waals surface area contributed by atoms with Gasteiger partial charge in [0.15, 0.2) is 0 Å². The van der Waals surface area contributed by atoms with E-state index in [-0.39, 0.29) is 24.2 Å². The third kappa shape index (κ3) is 3.89. The van der Waals surface area contributed by atoms with E-state index in [2.05, 4.69) is 15.7 Å². The zero-order valence-electron chi connectivity index (χ0n) is 14.9. The van der Waals surface area contributed by atoms with E-state index >= 15 is 0 Å². The van der Waals surface area contributed by atoms with Crippen molar-refractivity contribution in [2.75, 3.05) is 32.5 Å². The maximum Gasteiger partial charge on any atom is 0.253 e. The molecule has 0 unspecified atom stereocenters. The predicted molar refractivity (Wildman–Crippen MR) is 103 cm³/mol. The summed E-state index contributed by atoms with van der Waals surface area (Å²) in [6.45, 7) is 1.51. The van der Waals surface area contributed by atoms with E-state index in [1.165, 1.54) is 4.90 Å². The molecule has 0 spiro atoms. The lowest BCUT2D eigenvalue weighted by Crippen LogP contribution is -2.52. The summed E-state index contributed by atoms with van der Waals surface area (Å²) >= 11 is 0. The number of aromatic nitrogens is 2. The number of amides is 2. The number of rotatable bonds is 4. The number of piperidine rings is 1. The van der Waals surface area contributed by atoms with Crippen LogP contribution in [0.2, 0.25) is 0 Å². The van der Waals surface area contributed by atoms with Crippen LogP contribution in [0.5, 0.6) is 0 Å². The Balaban J connectivity index is 0.00000243. The molecule has 0 saturated carbocycles. The van der Waals surface area contributed by atoms with Crippen LogP contribution in [0.3, 0.4) is 0 Å². The highest BCUT2D eigenvalue weighted by molar-refractivity contribution is 5.99. The van der Waals surface area contributed by atoms with Gasteiger partial charge in [0.1, 0.15) is 5.54 Å². The molecule has 2 heterocycles. The molecule has 8 heteroatoms. The highest BCUT2D eigenvalue weighted by Crippen LogP contribution is 2.29. The van der Waals surface area contributed by atoms with E-state index in [1.54, 1.807) is 49.2 Å². The summed E-state index contributed by atoms with van der Waals surface area (Å²) in [5.41, 5.74) is 0.445. The first-order valence-corrected chi connectivity index (χ1v) is 8.37. The average molecular weight is 378 g/mol. The molecule has 26 heavy (non-hydrogen) atoms. The van der Waals surface area contributed by atoms with Crippen LogP contribution in [-0.4, -0.2) is 53.7 Å². The lowest BCUT2D eigenvalue weighted by atomic mass is 9.87. The molecule has 1 aliphatic rings. The van der Waals surface area contributed by atoms with E-state index in [4.69, 9.17) is 0 Å². The SMILES string of the molecule is CN(C)C(=O)c1cccc(NC(=O)C2(n3cccn3)CCNCC2)c1.Cl. The lowest BCUT2D eigenvalue weighted by Gasteiger charge is -2.36. The van der Waals surface area contributed by atoms with Crippen molar-refractivity contribution in [2.45, 2.75) is 18.4 Å².